The van der Waals surface area contributed by atoms with Gasteiger partial charge in [0.1, 0.15) is 5.75 Å². The molecule has 2 aromatic rings. The Hall–Kier alpha value is -1.92. The molecule has 2 heterocycles. The van der Waals surface area contributed by atoms with E-state index in [4.69, 9.17) is 18.9 Å². The van der Waals surface area contributed by atoms with Crippen LogP contribution < -0.4 is 18.9 Å². The van der Waals surface area contributed by atoms with Crippen LogP contribution in [-0.2, 0) is 6.42 Å². The van der Waals surface area contributed by atoms with E-state index < -0.39 is 0 Å². The fourth-order valence-corrected chi connectivity index (χ4v) is 4.41. The molecule has 0 amide bonds. The number of hydrogen-bond donors (Lipinski definition) is 0. The maximum absolute atomic E-state index is 5.78. The van der Waals surface area contributed by atoms with Gasteiger partial charge in [-0.05, 0) is 52.7 Å². The molecule has 0 bridgehead atoms. The van der Waals surface area contributed by atoms with E-state index >= 15 is 0 Å². The number of benzene rings is 2. The maximum Gasteiger partial charge on any atom is 0.231 e. The van der Waals surface area contributed by atoms with Gasteiger partial charge in [0, 0.05) is 12.1 Å². The molecule has 2 aliphatic rings. The van der Waals surface area contributed by atoms with E-state index in [2.05, 4.69) is 40.0 Å². The van der Waals surface area contributed by atoms with Crippen LogP contribution in [0, 0.1) is 0 Å². The topological polar surface area (TPSA) is 40.2 Å². The van der Waals surface area contributed by atoms with Gasteiger partial charge in [-0.3, -0.25) is 4.90 Å². The first-order chi connectivity index (χ1) is 12.2. The van der Waals surface area contributed by atoms with Gasteiger partial charge in [0.25, 0.3) is 0 Å². The van der Waals surface area contributed by atoms with E-state index in [0.29, 0.717) is 5.75 Å². The summed E-state index contributed by atoms with van der Waals surface area (Å²) in [6.45, 7) is 1.17. The largest absolute Gasteiger partial charge is 0.497 e. The van der Waals surface area contributed by atoms with Gasteiger partial charge in [0.05, 0.1) is 24.7 Å². The van der Waals surface area contributed by atoms with Crippen LogP contribution >= 0.6 is 15.9 Å². The Balaban J connectivity index is 1.92. The van der Waals surface area contributed by atoms with Gasteiger partial charge in [0.2, 0.25) is 12.5 Å². The lowest BCUT2D eigenvalue weighted by Crippen LogP contribution is -2.33. The molecule has 6 heteroatoms. The van der Waals surface area contributed by atoms with Crippen LogP contribution in [0.2, 0.25) is 0 Å². The van der Waals surface area contributed by atoms with Crippen molar-refractivity contribution in [2.24, 2.45) is 0 Å². The van der Waals surface area contributed by atoms with Gasteiger partial charge in [0.15, 0.2) is 11.5 Å². The lowest BCUT2D eigenvalue weighted by Gasteiger charge is -2.36. The van der Waals surface area contributed by atoms with E-state index in [0.717, 1.165) is 40.3 Å². The quantitative estimate of drug-likeness (QED) is 0.776. The molecule has 4 rings (SSSR count). The molecule has 0 N–H and O–H groups in total. The highest BCUT2D eigenvalue weighted by Crippen LogP contribution is 2.54. The van der Waals surface area contributed by atoms with Gasteiger partial charge in [-0.2, -0.15) is 0 Å². The Bertz CT molecular complexity index is 806. The minimum Gasteiger partial charge on any atom is -0.497 e. The first-order valence-corrected chi connectivity index (χ1v) is 8.97. The number of nitrogens with zero attached hydrogens (tertiary/aromatic N) is 1. The minimum absolute atomic E-state index is 0.0791. The van der Waals surface area contributed by atoms with Gasteiger partial charge < -0.3 is 18.9 Å². The van der Waals surface area contributed by atoms with Crippen LogP contribution in [0.25, 0.3) is 0 Å². The molecule has 0 aromatic heterocycles. The summed E-state index contributed by atoms with van der Waals surface area (Å²) in [6.07, 6.45) is 0.923. The Labute approximate surface area is 155 Å². The zero-order chi connectivity index (χ0) is 17.6. The Morgan fingerprint density at radius 1 is 1.08 bits per heavy atom. The molecule has 2 aliphatic heterocycles. The number of hydrogen-bond acceptors (Lipinski definition) is 5. The van der Waals surface area contributed by atoms with E-state index in [-0.39, 0.29) is 12.8 Å². The monoisotopic (exact) mass is 405 g/mol. The Morgan fingerprint density at radius 2 is 1.80 bits per heavy atom. The fraction of sp³-hybridized carbons (Fsp3) is 0.368. The number of fused-ring (bicyclic) bond motifs is 2. The highest BCUT2D eigenvalue weighted by molar-refractivity contribution is 9.10. The van der Waals surface area contributed by atoms with Crippen molar-refractivity contribution in [3.05, 3.63) is 45.4 Å². The van der Waals surface area contributed by atoms with Crippen molar-refractivity contribution in [2.45, 2.75) is 12.5 Å². The number of rotatable bonds is 3. The summed E-state index contributed by atoms with van der Waals surface area (Å²) in [7, 11) is 5.50. The van der Waals surface area contributed by atoms with Crippen LogP contribution in [0.3, 0.4) is 0 Å². The molecule has 0 radical (unpaired) electrons. The second kappa shape index (κ2) is 6.42. The molecule has 25 heavy (non-hydrogen) atoms. The van der Waals surface area contributed by atoms with Crippen molar-refractivity contribution in [1.29, 1.82) is 0 Å². The van der Waals surface area contributed by atoms with Crippen LogP contribution in [0.1, 0.15) is 22.7 Å². The van der Waals surface area contributed by atoms with Crippen molar-refractivity contribution in [3.63, 3.8) is 0 Å². The summed E-state index contributed by atoms with van der Waals surface area (Å²) in [6, 6.07) is 8.27. The van der Waals surface area contributed by atoms with Crippen LogP contribution in [0.5, 0.6) is 23.0 Å². The molecule has 0 saturated heterocycles. The van der Waals surface area contributed by atoms with Gasteiger partial charge in [-0.1, -0.05) is 12.1 Å². The van der Waals surface area contributed by atoms with Crippen LogP contribution in [0.15, 0.2) is 28.7 Å². The van der Waals surface area contributed by atoms with Crippen LogP contribution in [0.4, 0.5) is 0 Å². The zero-order valence-corrected chi connectivity index (χ0v) is 16.1. The molecule has 0 saturated carbocycles. The Kier molecular flexibility index (Phi) is 4.25. The molecule has 2 aromatic carbocycles. The second-order valence-corrected chi connectivity index (χ2v) is 7.00. The average Bonchev–Trinajstić information content (AvgIpc) is 3.12. The lowest BCUT2D eigenvalue weighted by atomic mass is 9.87. The first kappa shape index (κ1) is 16.5. The standard InChI is InChI=1S/C19H20BrNO4/c1-21-9-8-13-14(16(21)11-4-6-12(22-2)7-5-11)17(23-3)19-18(15(13)20)24-10-25-19/h4-7,16H,8-10H2,1-3H3. The molecule has 0 fully saturated rings. The molecule has 1 unspecified atom stereocenters. The van der Waals surface area contributed by atoms with Crippen molar-refractivity contribution < 1.29 is 18.9 Å². The summed E-state index contributed by atoms with van der Waals surface area (Å²) in [5.41, 5.74) is 3.55. The number of likely N-dealkylation sites (N-methyl/N-ethyl adjacent to an activating group) is 1. The second-order valence-electron chi connectivity index (χ2n) is 6.21. The SMILES string of the molecule is COc1ccc(C2c3c(c(Br)c4c(c3OC)OCO4)CCN2C)cc1. The minimum atomic E-state index is 0.0791. The lowest BCUT2D eigenvalue weighted by molar-refractivity contribution is 0.170. The summed E-state index contributed by atoms with van der Waals surface area (Å²) in [5.74, 6) is 3.04. The number of ether oxygens (including phenoxy) is 4. The van der Waals surface area contributed by atoms with E-state index in [1.807, 2.05) is 12.1 Å². The third-order valence-electron chi connectivity index (χ3n) is 4.92. The summed E-state index contributed by atoms with van der Waals surface area (Å²) >= 11 is 3.73. The van der Waals surface area contributed by atoms with Gasteiger partial charge in [-0.15, -0.1) is 0 Å². The molecule has 1 atom stereocenters. The number of methoxy groups -OCH3 is 2. The van der Waals surface area contributed by atoms with E-state index in [9.17, 15) is 0 Å². The van der Waals surface area contributed by atoms with Gasteiger partial charge in [-0.25, -0.2) is 0 Å². The number of halogens is 1. The highest BCUT2D eigenvalue weighted by Gasteiger charge is 2.37. The third kappa shape index (κ3) is 2.55. The maximum atomic E-state index is 5.78. The normalized spacial score (nSPS) is 18.8. The van der Waals surface area contributed by atoms with Gasteiger partial charge >= 0.3 is 0 Å². The first-order valence-electron chi connectivity index (χ1n) is 8.17. The summed E-state index contributed by atoms with van der Waals surface area (Å²) in [4.78, 5) is 2.33. The molecular formula is C19H20BrNO4. The molecule has 0 spiro atoms. The molecule has 5 nitrogen and oxygen atoms in total. The van der Waals surface area contributed by atoms with E-state index in [1.165, 1.54) is 11.1 Å². The predicted octanol–water partition coefficient (Wildman–Crippen LogP) is 3.77. The van der Waals surface area contributed by atoms with Crippen molar-refractivity contribution >= 4 is 15.9 Å². The van der Waals surface area contributed by atoms with Crippen molar-refractivity contribution in [2.75, 3.05) is 34.6 Å². The molecule has 132 valence electrons. The highest BCUT2D eigenvalue weighted by atomic mass is 79.9. The van der Waals surface area contributed by atoms with Crippen molar-refractivity contribution in [3.8, 4) is 23.0 Å². The smallest absolute Gasteiger partial charge is 0.231 e. The zero-order valence-electron chi connectivity index (χ0n) is 14.5. The van der Waals surface area contributed by atoms with Crippen molar-refractivity contribution in [1.82, 2.24) is 4.90 Å². The van der Waals surface area contributed by atoms with Crippen LogP contribution in [-0.4, -0.2) is 39.5 Å². The summed E-state index contributed by atoms with van der Waals surface area (Å²) in [5, 5.41) is 0. The molecule has 0 aliphatic carbocycles. The average molecular weight is 406 g/mol. The molecular weight excluding hydrogens is 386 g/mol. The predicted molar refractivity (Wildman–Crippen MR) is 98.0 cm³/mol. The Morgan fingerprint density at radius 3 is 2.48 bits per heavy atom. The third-order valence-corrected chi connectivity index (χ3v) is 5.76. The van der Waals surface area contributed by atoms with E-state index in [1.54, 1.807) is 14.2 Å². The fourth-order valence-electron chi connectivity index (χ4n) is 3.71. The summed E-state index contributed by atoms with van der Waals surface area (Å²) < 4.78 is 23.4.